The zero-order chi connectivity index (χ0) is 9.84. The molecule has 0 amide bonds. The lowest BCUT2D eigenvalue weighted by Crippen LogP contribution is -2.01. The quantitative estimate of drug-likeness (QED) is 0.706. The minimum Gasteiger partial charge on any atom is -0.337 e. The Bertz CT molecular complexity index is 289. The van der Waals surface area contributed by atoms with E-state index in [2.05, 4.69) is 18.8 Å². The Morgan fingerprint density at radius 3 is 2.85 bits per heavy atom. The smallest absolute Gasteiger partial charge is 0.135 e. The van der Waals surface area contributed by atoms with Crippen LogP contribution in [-0.4, -0.2) is 15.3 Å². The summed E-state index contributed by atoms with van der Waals surface area (Å²) in [6.45, 7) is 6.86. The Hall–Kier alpha value is -1.12. The molecule has 0 bridgehead atoms. The molecule has 3 heteroatoms. The summed E-state index contributed by atoms with van der Waals surface area (Å²) in [6.07, 6.45) is 4.19. The molecule has 13 heavy (non-hydrogen) atoms. The molecule has 1 rings (SSSR count). The summed E-state index contributed by atoms with van der Waals surface area (Å²) in [5, 5.41) is 0. The first-order valence-electron chi connectivity index (χ1n) is 4.58. The van der Waals surface area contributed by atoms with Gasteiger partial charge in [0, 0.05) is 19.2 Å². The van der Waals surface area contributed by atoms with Gasteiger partial charge in [-0.25, -0.2) is 4.98 Å². The Morgan fingerprint density at radius 1 is 1.62 bits per heavy atom. The second-order valence-corrected chi connectivity index (χ2v) is 3.83. The van der Waals surface area contributed by atoms with Crippen molar-refractivity contribution in [3.8, 4) is 0 Å². The average molecular weight is 180 g/mol. The first kappa shape index (κ1) is 9.96. The maximum Gasteiger partial charge on any atom is 0.135 e. The van der Waals surface area contributed by atoms with Crippen LogP contribution in [0.2, 0.25) is 0 Å². The molecular formula is C10H16N2O. The number of hydrogen-bond donors (Lipinski definition) is 0. The van der Waals surface area contributed by atoms with Crippen LogP contribution >= 0.6 is 0 Å². The topological polar surface area (TPSA) is 34.9 Å². The molecule has 0 aromatic carbocycles. The normalized spacial score (nSPS) is 10.8. The number of Topliss-reactive ketones (excluding diaryl/α,β-unsaturated/α-hetero) is 1. The van der Waals surface area contributed by atoms with Crippen molar-refractivity contribution in [2.45, 2.75) is 33.7 Å². The van der Waals surface area contributed by atoms with Gasteiger partial charge in [-0.2, -0.15) is 0 Å². The Morgan fingerprint density at radius 2 is 2.31 bits per heavy atom. The Balaban J connectivity index is 2.58. The van der Waals surface area contributed by atoms with E-state index in [0.29, 0.717) is 12.3 Å². The van der Waals surface area contributed by atoms with Crippen LogP contribution in [0.25, 0.3) is 0 Å². The van der Waals surface area contributed by atoms with E-state index in [4.69, 9.17) is 0 Å². The van der Waals surface area contributed by atoms with Gasteiger partial charge in [0.15, 0.2) is 0 Å². The van der Waals surface area contributed by atoms with Crippen molar-refractivity contribution in [1.29, 1.82) is 0 Å². The molecule has 0 N–H and O–H groups in total. The number of hydrogen-bond acceptors (Lipinski definition) is 2. The molecule has 0 aliphatic heterocycles. The van der Waals surface area contributed by atoms with Crippen molar-refractivity contribution in [2.24, 2.45) is 5.92 Å². The molecule has 0 aliphatic carbocycles. The number of ketones is 1. The first-order chi connectivity index (χ1) is 6.08. The third-order valence-corrected chi connectivity index (χ3v) is 1.69. The maximum absolute atomic E-state index is 10.8. The molecule has 0 spiro atoms. The summed E-state index contributed by atoms with van der Waals surface area (Å²) >= 11 is 0. The zero-order valence-electron chi connectivity index (χ0n) is 8.45. The van der Waals surface area contributed by atoms with Crippen LogP contribution in [-0.2, 0) is 17.8 Å². The molecular weight excluding hydrogens is 164 g/mol. The SMILES string of the molecule is CC(=O)Cc1cn(CC(C)C)cn1. The molecule has 1 heterocycles. The van der Waals surface area contributed by atoms with Crippen LogP contribution in [0.1, 0.15) is 26.5 Å². The number of imidazole rings is 1. The fraction of sp³-hybridized carbons (Fsp3) is 0.600. The van der Waals surface area contributed by atoms with Crippen molar-refractivity contribution < 1.29 is 4.79 Å². The minimum absolute atomic E-state index is 0.162. The molecule has 0 aliphatic rings. The van der Waals surface area contributed by atoms with Gasteiger partial charge in [-0.05, 0) is 12.8 Å². The molecule has 72 valence electrons. The molecule has 3 nitrogen and oxygen atoms in total. The average Bonchev–Trinajstić information content (AvgIpc) is 2.33. The summed E-state index contributed by atoms with van der Waals surface area (Å²) in [4.78, 5) is 14.9. The maximum atomic E-state index is 10.8. The van der Waals surface area contributed by atoms with Crippen molar-refractivity contribution in [3.63, 3.8) is 0 Å². The van der Waals surface area contributed by atoms with Crippen LogP contribution in [0, 0.1) is 5.92 Å². The van der Waals surface area contributed by atoms with Gasteiger partial charge in [0.1, 0.15) is 5.78 Å². The standard InChI is InChI=1S/C10H16N2O/c1-8(2)5-12-6-10(11-7-12)4-9(3)13/h6-8H,4-5H2,1-3H3. The van der Waals surface area contributed by atoms with Gasteiger partial charge in [-0.1, -0.05) is 13.8 Å². The van der Waals surface area contributed by atoms with E-state index in [0.717, 1.165) is 12.2 Å². The third kappa shape index (κ3) is 3.40. The number of aromatic nitrogens is 2. The number of carbonyl (C=O) groups excluding carboxylic acids is 1. The largest absolute Gasteiger partial charge is 0.337 e. The second-order valence-electron chi connectivity index (χ2n) is 3.83. The van der Waals surface area contributed by atoms with Crippen LogP contribution < -0.4 is 0 Å². The molecule has 0 fully saturated rings. The fourth-order valence-corrected chi connectivity index (χ4v) is 1.27. The summed E-state index contributed by atoms with van der Waals surface area (Å²) in [5.74, 6) is 0.772. The van der Waals surface area contributed by atoms with Gasteiger partial charge in [0.05, 0.1) is 12.0 Å². The van der Waals surface area contributed by atoms with Gasteiger partial charge in [-0.3, -0.25) is 4.79 Å². The number of nitrogens with zero attached hydrogens (tertiary/aromatic N) is 2. The van der Waals surface area contributed by atoms with E-state index < -0.39 is 0 Å². The number of rotatable bonds is 4. The predicted molar refractivity (Wildman–Crippen MR) is 51.5 cm³/mol. The molecule has 0 saturated carbocycles. The highest BCUT2D eigenvalue weighted by Crippen LogP contribution is 2.02. The molecule has 1 aromatic heterocycles. The monoisotopic (exact) mass is 180 g/mol. The summed E-state index contributed by atoms with van der Waals surface area (Å²) in [7, 11) is 0. The van der Waals surface area contributed by atoms with Crippen molar-refractivity contribution >= 4 is 5.78 Å². The predicted octanol–water partition coefficient (Wildman–Crippen LogP) is 1.67. The van der Waals surface area contributed by atoms with E-state index in [1.807, 2.05) is 10.8 Å². The van der Waals surface area contributed by atoms with Crippen LogP contribution in [0.3, 0.4) is 0 Å². The summed E-state index contributed by atoms with van der Waals surface area (Å²) in [6, 6.07) is 0. The van der Waals surface area contributed by atoms with E-state index in [-0.39, 0.29) is 5.78 Å². The highest BCUT2D eigenvalue weighted by Gasteiger charge is 2.02. The van der Waals surface area contributed by atoms with Gasteiger partial charge in [0.2, 0.25) is 0 Å². The second kappa shape index (κ2) is 4.21. The Kier molecular flexibility index (Phi) is 3.23. The van der Waals surface area contributed by atoms with Crippen molar-refractivity contribution in [3.05, 3.63) is 18.2 Å². The molecule has 0 radical (unpaired) electrons. The lowest BCUT2D eigenvalue weighted by Gasteiger charge is -2.03. The van der Waals surface area contributed by atoms with Gasteiger partial charge in [0.25, 0.3) is 0 Å². The molecule has 0 saturated heterocycles. The summed E-state index contributed by atoms with van der Waals surface area (Å²) in [5.41, 5.74) is 0.869. The van der Waals surface area contributed by atoms with Crippen molar-refractivity contribution in [1.82, 2.24) is 9.55 Å². The highest BCUT2D eigenvalue weighted by molar-refractivity contribution is 5.77. The molecule has 0 atom stereocenters. The molecule has 1 aromatic rings. The highest BCUT2D eigenvalue weighted by atomic mass is 16.1. The van der Waals surface area contributed by atoms with Crippen molar-refractivity contribution in [2.75, 3.05) is 0 Å². The van der Waals surface area contributed by atoms with E-state index in [1.165, 1.54) is 0 Å². The van der Waals surface area contributed by atoms with E-state index in [1.54, 1.807) is 13.3 Å². The Labute approximate surface area is 78.8 Å². The lowest BCUT2D eigenvalue weighted by molar-refractivity contribution is -0.116. The number of carbonyl (C=O) groups is 1. The van der Waals surface area contributed by atoms with Crippen LogP contribution in [0.5, 0.6) is 0 Å². The van der Waals surface area contributed by atoms with Gasteiger partial charge >= 0.3 is 0 Å². The van der Waals surface area contributed by atoms with E-state index in [9.17, 15) is 4.79 Å². The van der Waals surface area contributed by atoms with Gasteiger partial charge < -0.3 is 4.57 Å². The fourth-order valence-electron chi connectivity index (χ4n) is 1.27. The summed E-state index contributed by atoms with van der Waals surface area (Å²) < 4.78 is 2.03. The third-order valence-electron chi connectivity index (χ3n) is 1.69. The van der Waals surface area contributed by atoms with Crippen LogP contribution in [0.4, 0.5) is 0 Å². The lowest BCUT2D eigenvalue weighted by atomic mass is 10.2. The van der Waals surface area contributed by atoms with Gasteiger partial charge in [-0.15, -0.1) is 0 Å². The van der Waals surface area contributed by atoms with Crippen LogP contribution in [0.15, 0.2) is 12.5 Å². The first-order valence-corrected chi connectivity index (χ1v) is 4.58. The minimum atomic E-state index is 0.162. The van der Waals surface area contributed by atoms with E-state index >= 15 is 0 Å². The zero-order valence-corrected chi connectivity index (χ0v) is 8.45. The molecule has 0 unspecified atom stereocenters.